The lowest BCUT2D eigenvalue weighted by Gasteiger charge is -2.19. The molecule has 7 heteroatoms. The molecule has 0 aliphatic carbocycles. The summed E-state index contributed by atoms with van der Waals surface area (Å²) in [7, 11) is 2.24. The third-order valence-electron chi connectivity index (χ3n) is 3.39. The summed E-state index contributed by atoms with van der Waals surface area (Å²) in [6.07, 6.45) is 1.08. The average molecular weight is 296 g/mol. The molecule has 0 fully saturated rings. The summed E-state index contributed by atoms with van der Waals surface area (Å²) < 4.78 is 0. The van der Waals surface area contributed by atoms with E-state index >= 15 is 0 Å². The molecule has 19 heavy (non-hydrogen) atoms. The van der Waals surface area contributed by atoms with Gasteiger partial charge in [0.1, 0.15) is 11.4 Å². The summed E-state index contributed by atoms with van der Waals surface area (Å²) in [5.74, 6) is 7.39. The van der Waals surface area contributed by atoms with Crippen LogP contribution in [0.4, 0.5) is 5.82 Å². The number of thioether (sulfide) groups is 1. The molecule has 0 aromatic carbocycles. The highest BCUT2D eigenvalue weighted by Gasteiger charge is 2.24. The van der Waals surface area contributed by atoms with Crippen LogP contribution < -0.4 is 16.2 Å². The number of hydrogen-bond acceptors (Lipinski definition) is 6. The first-order chi connectivity index (χ1) is 9.22. The highest BCUT2D eigenvalue weighted by molar-refractivity contribution is 7.99. The van der Waals surface area contributed by atoms with Crippen LogP contribution >= 0.6 is 23.1 Å². The Morgan fingerprint density at radius 3 is 3.05 bits per heavy atom. The zero-order chi connectivity index (χ0) is 13.4. The minimum Gasteiger partial charge on any atom is -0.333 e. The number of nitrogens with one attached hydrogen (secondary N) is 2. The number of fused-ring (bicyclic) bond motifs is 3. The van der Waals surface area contributed by atoms with Gasteiger partial charge in [0.05, 0.1) is 23.9 Å². The van der Waals surface area contributed by atoms with Gasteiger partial charge in [-0.05, 0) is 11.3 Å². The van der Waals surface area contributed by atoms with Crippen molar-refractivity contribution in [1.29, 1.82) is 0 Å². The van der Waals surface area contributed by atoms with Gasteiger partial charge in [0.25, 0.3) is 0 Å². The Bertz CT molecular complexity index is 610. The molecule has 5 nitrogen and oxygen atoms in total. The number of likely N-dealkylation sites (N-methyl/N-ethyl adjacent to an activating group) is 1. The number of nitrogens with two attached hydrogens (primary N) is 1. The predicted octanol–water partition coefficient (Wildman–Crippen LogP) is 0.660. The van der Waals surface area contributed by atoms with Crippen LogP contribution in [0.5, 0.6) is 0 Å². The van der Waals surface area contributed by atoms with E-state index in [2.05, 4.69) is 29.4 Å². The van der Waals surface area contributed by atoms with Crippen LogP contribution in [-0.4, -0.2) is 29.3 Å². The first-order valence-corrected chi connectivity index (χ1v) is 8.26. The van der Waals surface area contributed by atoms with Gasteiger partial charge in [-0.25, -0.2) is 15.8 Å². The van der Waals surface area contributed by atoms with Crippen LogP contribution in [-0.2, 0) is 13.0 Å². The second-order valence-electron chi connectivity index (χ2n) is 4.75. The van der Waals surface area contributed by atoms with Crippen molar-refractivity contribution in [3.63, 3.8) is 0 Å². The van der Waals surface area contributed by atoms with Crippen molar-refractivity contribution in [2.45, 2.75) is 25.0 Å². The molecule has 2 aromatic rings. The van der Waals surface area contributed by atoms with Crippen molar-refractivity contribution in [3.8, 4) is 0 Å². The van der Waals surface area contributed by atoms with Crippen molar-refractivity contribution in [2.24, 2.45) is 5.84 Å². The highest BCUT2D eigenvalue weighted by atomic mass is 32.2. The van der Waals surface area contributed by atoms with Crippen molar-refractivity contribution < 1.29 is 4.90 Å². The molecule has 1 unspecified atom stereocenters. The molecule has 0 saturated carbocycles. The summed E-state index contributed by atoms with van der Waals surface area (Å²) in [6, 6.07) is 0. The van der Waals surface area contributed by atoms with E-state index in [0.29, 0.717) is 0 Å². The minimum atomic E-state index is 0.776. The standard InChI is InChI=1S/C12H17N5S2/c1-3-18-12-14-10(16-13)9-7-4-5-17(2)6-8(7)19-11(9)15-12/h3-6,13H2,1-2H3,(H,14,15,16)/p+1. The third kappa shape index (κ3) is 2.31. The SMILES string of the molecule is CCSc1nc(NN)c2c3c(sc2n1)C[NH+](C)CC3. The normalized spacial score (nSPS) is 18.6. The van der Waals surface area contributed by atoms with Crippen molar-refractivity contribution in [1.82, 2.24) is 9.97 Å². The van der Waals surface area contributed by atoms with Crippen LogP contribution in [0.3, 0.4) is 0 Å². The molecule has 0 spiro atoms. The van der Waals surface area contributed by atoms with Gasteiger partial charge in [0.15, 0.2) is 11.0 Å². The van der Waals surface area contributed by atoms with Crippen molar-refractivity contribution in [2.75, 3.05) is 24.8 Å². The van der Waals surface area contributed by atoms with Gasteiger partial charge < -0.3 is 10.3 Å². The quantitative estimate of drug-likeness (QED) is 0.336. The maximum atomic E-state index is 5.65. The van der Waals surface area contributed by atoms with Crippen LogP contribution in [0, 0.1) is 0 Å². The molecule has 1 atom stereocenters. The maximum Gasteiger partial charge on any atom is 0.190 e. The number of thiophene rings is 1. The van der Waals surface area contributed by atoms with Gasteiger partial charge in [-0.1, -0.05) is 18.7 Å². The summed E-state index contributed by atoms with van der Waals surface area (Å²) in [4.78, 5) is 13.2. The number of nitrogen functional groups attached to an aromatic ring is 1. The molecule has 102 valence electrons. The van der Waals surface area contributed by atoms with Gasteiger partial charge >= 0.3 is 0 Å². The van der Waals surface area contributed by atoms with Gasteiger partial charge in [0, 0.05) is 6.42 Å². The molecule has 4 N–H and O–H groups in total. The topological polar surface area (TPSA) is 68.3 Å². The molecular formula is C12H18N5S2+. The number of quaternary nitrogens is 1. The highest BCUT2D eigenvalue weighted by Crippen LogP contribution is 2.36. The minimum absolute atomic E-state index is 0.776. The van der Waals surface area contributed by atoms with Crippen LogP contribution in [0.2, 0.25) is 0 Å². The monoisotopic (exact) mass is 296 g/mol. The largest absolute Gasteiger partial charge is 0.333 e. The Kier molecular flexibility index (Phi) is 3.62. The Labute approximate surface area is 120 Å². The maximum absolute atomic E-state index is 5.65. The van der Waals surface area contributed by atoms with E-state index in [0.717, 1.165) is 46.5 Å². The number of hydrazine groups is 1. The molecule has 0 radical (unpaired) electrons. The van der Waals surface area contributed by atoms with Crippen molar-refractivity contribution in [3.05, 3.63) is 10.4 Å². The molecule has 1 aliphatic heterocycles. The summed E-state index contributed by atoms with van der Waals surface area (Å²) >= 11 is 3.44. The van der Waals surface area contributed by atoms with E-state index in [1.54, 1.807) is 28.0 Å². The van der Waals surface area contributed by atoms with E-state index in [-0.39, 0.29) is 0 Å². The zero-order valence-corrected chi connectivity index (χ0v) is 12.7. The predicted molar refractivity (Wildman–Crippen MR) is 80.8 cm³/mol. The van der Waals surface area contributed by atoms with E-state index in [4.69, 9.17) is 5.84 Å². The first-order valence-electron chi connectivity index (χ1n) is 6.46. The van der Waals surface area contributed by atoms with Gasteiger partial charge in [-0.2, -0.15) is 0 Å². The molecule has 0 saturated heterocycles. The average Bonchev–Trinajstić information content (AvgIpc) is 2.75. The second kappa shape index (κ2) is 5.24. The van der Waals surface area contributed by atoms with Crippen LogP contribution in [0.15, 0.2) is 5.16 Å². The first kappa shape index (κ1) is 13.1. The Hall–Kier alpha value is -0.890. The van der Waals surface area contributed by atoms with E-state index in [1.807, 2.05) is 0 Å². The Morgan fingerprint density at radius 1 is 1.47 bits per heavy atom. The lowest BCUT2D eigenvalue weighted by molar-refractivity contribution is -0.895. The zero-order valence-electron chi connectivity index (χ0n) is 11.1. The van der Waals surface area contributed by atoms with Crippen LogP contribution in [0.25, 0.3) is 10.2 Å². The molecule has 0 bridgehead atoms. The fourth-order valence-electron chi connectivity index (χ4n) is 2.49. The van der Waals surface area contributed by atoms with E-state index in [9.17, 15) is 0 Å². The van der Waals surface area contributed by atoms with Crippen LogP contribution in [0.1, 0.15) is 17.4 Å². The third-order valence-corrected chi connectivity index (χ3v) is 5.24. The molecule has 3 heterocycles. The lowest BCUT2D eigenvalue weighted by atomic mass is 10.1. The number of rotatable bonds is 3. The smallest absolute Gasteiger partial charge is 0.190 e. The molecule has 3 rings (SSSR count). The fraction of sp³-hybridized carbons (Fsp3) is 0.500. The molecule has 2 aromatic heterocycles. The van der Waals surface area contributed by atoms with Gasteiger partial charge in [-0.15, -0.1) is 11.3 Å². The number of anilines is 1. The number of aromatic nitrogens is 2. The fourth-order valence-corrected chi connectivity index (χ4v) is 4.45. The summed E-state index contributed by atoms with van der Waals surface area (Å²) in [5, 5.41) is 1.94. The number of hydrogen-bond donors (Lipinski definition) is 3. The molecule has 1 aliphatic rings. The number of nitrogens with zero attached hydrogens (tertiary/aromatic N) is 2. The summed E-state index contributed by atoms with van der Waals surface area (Å²) in [5.41, 5.74) is 4.15. The second-order valence-corrected chi connectivity index (χ2v) is 7.06. The van der Waals surface area contributed by atoms with E-state index in [1.165, 1.54) is 10.4 Å². The van der Waals surface area contributed by atoms with Gasteiger partial charge in [-0.3, -0.25) is 0 Å². The van der Waals surface area contributed by atoms with Crippen molar-refractivity contribution >= 4 is 39.1 Å². The molecular weight excluding hydrogens is 278 g/mol. The summed E-state index contributed by atoms with van der Waals surface area (Å²) in [6.45, 7) is 4.34. The Morgan fingerprint density at radius 2 is 2.32 bits per heavy atom. The molecule has 0 amide bonds. The lowest BCUT2D eigenvalue weighted by Crippen LogP contribution is -3.08. The van der Waals surface area contributed by atoms with Gasteiger partial charge in [0.2, 0.25) is 0 Å². The Balaban J connectivity index is 2.18. The van der Waals surface area contributed by atoms with E-state index < -0.39 is 0 Å².